The summed E-state index contributed by atoms with van der Waals surface area (Å²) < 4.78 is 0. The van der Waals surface area contributed by atoms with Crippen LogP contribution in [0, 0.1) is 11.3 Å². The number of nitriles is 1. The summed E-state index contributed by atoms with van der Waals surface area (Å²) in [5.74, 6) is 0. The molecule has 0 aliphatic heterocycles. The Kier molecular flexibility index (Phi) is 3.93. The van der Waals surface area contributed by atoms with E-state index in [9.17, 15) is 0 Å². The number of hydrogen-bond donors (Lipinski definition) is 0. The predicted octanol–water partition coefficient (Wildman–Crippen LogP) is 2.19. The minimum atomic E-state index is 0.704. The first-order valence-corrected chi connectivity index (χ1v) is 4.92. The summed E-state index contributed by atoms with van der Waals surface area (Å²) >= 11 is 0. The molecule has 1 aromatic rings. The van der Waals surface area contributed by atoms with Crippen LogP contribution in [0.15, 0.2) is 18.5 Å². The van der Waals surface area contributed by atoms with Crippen molar-refractivity contribution in [3.63, 3.8) is 0 Å². The Balaban J connectivity index is 2.97. The maximum absolute atomic E-state index is 8.93. The van der Waals surface area contributed by atoms with Crippen LogP contribution in [0.5, 0.6) is 0 Å². The molecule has 0 fully saturated rings. The predicted molar refractivity (Wildman–Crippen MR) is 57.1 cm³/mol. The lowest BCUT2D eigenvalue weighted by Crippen LogP contribution is -2.24. The number of aromatic nitrogens is 1. The van der Waals surface area contributed by atoms with E-state index in [1.165, 1.54) is 0 Å². The zero-order chi connectivity index (χ0) is 10.4. The second kappa shape index (κ2) is 5.23. The Labute approximate surface area is 85.0 Å². The zero-order valence-corrected chi connectivity index (χ0v) is 8.70. The summed E-state index contributed by atoms with van der Waals surface area (Å²) in [6.07, 6.45) is 4.49. The van der Waals surface area contributed by atoms with Crippen LogP contribution < -0.4 is 4.90 Å². The van der Waals surface area contributed by atoms with Crippen molar-refractivity contribution in [3.8, 4) is 6.07 Å². The van der Waals surface area contributed by atoms with Crippen molar-refractivity contribution in [2.45, 2.75) is 20.3 Å². The number of rotatable bonds is 4. The first kappa shape index (κ1) is 10.5. The van der Waals surface area contributed by atoms with Crippen LogP contribution in [0.2, 0.25) is 0 Å². The zero-order valence-electron chi connectivity index (χ0n) is 8.70. The summed E-state index contributed by atoms with van der Waals surface area (Å²) in [6, 6.07) is 3.94. The van der Waals surface area contributed by atoms with E-state index in [4.69, 9.17) is 5.26 Å². The van der Waals surface area contributed by atoms with E-state index in [1.807, 2.05) is 0 Å². The van der Waals surface area contributed by atoms with Gasteiger partial charge in [0.25, 0.3) is 0 Å². The first-order chi connectivity index (χ1) is 6.83. The molecule has 0 spiro atoms. The molecular formula is C11H15N3. The average molecular weight is 189 g/mol. The third-order valence-electron chi connectivity index (χ3n) is 2.14. The van der Waals surface area contributed by atoms with Gasteiger partial charge in [-0.25, -0.2) is 0 Å². The van der Waals surface area contributed by atoms with E-state index >= 15 is 0 Å². The summed E-state index contributed by atoms with van der Waals surface area (Å²) in [5, 5.41) is 8.93. The van der Waals surface area contributed by atoms with Gasteiger partial charge in [-0.1, -0.05) is 6.92 Å². The van der Waals surface area contributed by atoms with E-state index in [1.54, 1.807) is 18.5 Å². The van der Waals surface area contributed by atoms with Crippen molar-refractivity contribution in [2.24, 2.45) is 0 Å². The van der Waals surface area contributed by atoms with Gasteiger partial charge < -0.3 is 4.90 Å². The van der Waals surface area contributed by atoms with E-state index < -0.39 is 0 Å². The van der Waals surface area contributed by atoms with Gasteiger partial charge in [0.15, 0.2) is 0 Å². The van der Waals surface area contributed by atoms with E-state index in [-0.39, 0.29) is 0 Å². The van der Waals surface area contributed by atoms with Gasteiger partial charge in [-0.2, -0.15) is 5.26 Å². The second-order valence-corrected chi connectivity index (χ2v) is 3.08. The number of pyridine rings is 1. The molecule has 3 nitrogen and oxygen atoms in total. The Hall–Kier alpha value is -1.56. The number of anilines is 1. The van der Waals surface area contributed by atoms with Gasteiger partial charge in [-0.05, 0) is 19.4 Å². The Bertz CT molecular complexity index is 328. The molecule has 0 bridgehead atoms. The molecule has 0 N–H and O–H groups in total. The number of hydrogen-bond acceptors (Lipinski definition) is 3. The molecule has 0 radical (unpaired) electrons. The summed E-state index contributed by atoms with van der Waals surface area (Å²) in [5.41, 5.74) is 1.65. The van der Waals surface area contributed by atoms with E-state index in [2.05, 4.69) is 29.8 Å². The maximum atomic E-state index is 8.93. The van der Waals surface area contributed by atoms with Crippen molar-refractivity contribution in [1.82, 2.24) is 4.98 Å². The molecule has 0 aliphatic rings. The van der Waals surface area contributed by atoms with Gasteiger partial charge in [0, 0.05) is 19.3 Å². The lowest BCUT2D eigenvalue weighted by Gasteiger charge is -2.22. The number of nitrogens with zero attached hydrogens (tertiary/aromatic N) is 3. The molecule has 0 saturated carbocycles. The Morgan fingerprint density at radius 3 is 2.86 bits per heavy atom. The summed E-state index contributed by atoms with van der Waals surface area (Å²) in [4.78, 5) is 6.22. The topological polar surface area (TPSA) is 39.9 Å². The van der Waals surface area contributed by atoms with Gasteiger partial charge in [0.2, 0.25) is 0 Å². The second-order valence-electron chi connectivity index (χ2n) is 3.08. The van der Waals surface area contributed by atoms with Crippen LogP contribution in [-0.4, -0.2) is 18.1 Å². The molecule has 0 unspecified atom stereocenters. The fraction of sp³-hybridized carbons (Fsp3) is 0.455. The van der Waals surface area contributed by atoms with Gasteiger partial charge in [0.05, 0.1) is 17.4 Å². The molecule has 0 saturated heterocycles. The molecule has 74 valence electrons. The maximum Gasteiger partial charge on any atom is 0.101 e. The molecule has 14 heavy (non-hydrogen) atoms. The average Bonchev–Trinajstić information content (AvgIpc) is 2.26. The smallest absolute Gasteiger partial charge is 0.101 e. The van der Waals surface area contributed by atoms with E-state index in [0.717, 1.165) is 25.2 Å². The highest BCUT2D eigenvalue weighted by molar-refractivity contribution is 5.57. The first-order valence-electron chi connectivity index (χ1n) is 4.92. The third kappa shape index (κ3) is 2.23. The lowest BCUT2D eigenvalue weighted by atomic mass is 10.2. The minimum Gasteiger partial charge on any atom is -0.370 e. The highest BCUT2D eigenvalue weighted by atomic mass is 15.1. The van der Waals surface area contributed by atoms with Crippen LogP contribution in [0.3, 0.4) is 0 Å². The fourth-order valence-electron chi connectivity index (χ4n) is 1.45. The highest BCUT2D eigenvalue weighted by Gasteiger charge is 2.07. The molecule has 0 aromatic carbocycles. The van der Waals surface area contributed by atoms with E-state index in [0.29, 0.717) is 5.56 Å². The SMILES string of the molecule is CCCN(CC)c1cnccc1C#N. The largest absolute Gasteiger partial charge is 0.370 e. The summed E-state index contributed by atoms with van der Waals surface area (Å²) in [7, 11) is 0. The summed E-state index contributed by atoms with van der Waals surface area (Å²) in [6.45, 7) is 6.10. The van der Waals surface area contributed by atoms with Crippen molar-refractivity contribution in [2.75, 3.05) is 18.0 Å². The highest BCUT2D eigenvalue weighted by Crippen LogP contribution is 2.17. The molecule has 1 aromatic heterocycles. The fourth-order valence-corrected chi connectivity index (χ4v) is 1.45. The van der Waals surface area contributed by atoms with Crippen molar-refractivity contribution < 1.29 is 0 Å². The van der Waals surface area contributed by atoms with Crippen molar-refractivity contribution in [3.05, 3.63) is 24.0 Å². The molecule has 0 atom stereocenters. The Morgan fingerprint density at radius 2 is 2.29 bits per heavy atom. The molecule has 3 heteroatoms. The molecular weight excluding hydrogens is 174 g/mol. The molecule has 0 aliphatic carbocycles. The van der Waals surface area contributed by atoms with Gasteiger partial charge in [-0.3, -0.25) is 4.98 Å². The third-order valence-corrected chi connectivity index (χ3v) is 2.14. The quantitative estimate of drug-likeness (QED) is 0.729. The van der Waals surface area contributed by atoms with Crippen molar-refractivity contribution >= 4 is 5.69 Å². The van der Waals surface area contributed by atoms with Crippen LogP contribution >= 0.6 is 0 Å². The minimum absolute atomic E-state index is 0.704. The van der Waals surface area contributed by atoms with Crippen LogP contribution in [0.4, 0.5) is 5.69 Å². The molecule has 1 rings (SSSR count). The normalized spacial score (nSPS) is 9.50. The van der Waals surface area contributed by atoms with Gasteiger partial charge >= 0.3 is 0 Å². The van der Waals surface area contributed by atoms with Gasteiger partial charge in [-0.15, -0.1) is 0 Å². The lowest BCUT2D eigenvalue weighted by molar-refractivity contribution is 0.788. The Morgan fingerprint density at radius 1 is 1.50 bits per heavy atom. The van der Waals surface area contributed by atoms with Gasteiger partial charge in [0.1, 0.15) is 6.07 Å². The standard InChI is InChI=1S/C11H15N3/c1-3-7-14(4-2)11-9-13-6-5-10(11)8-12/h5-6,9H,3-4,7H2,1-2H3. The van der Waals surface area contributed by atoms with Crippen molar-refractivity contribution in [1.29, 1.82) is 5.26 Å². The van der Waals surface area contributed by atoms with Crippen LogP contribution in [0.25, 0.3) is 0 Å². The van der Waals surface area contributed by atoms with Crippen LogP contribution in [0.1, 0.15) is 25.8 Å². The van der Waals surface area contributed by atoms with Crippen LogP contribution in [-0.2, 0) is 0 Å². The monoisotopic (exact) mass is 189 g/mol. The molecule has 0 amide bonds. The molecule has 1 heterocycles.